The van der Waals surface area contributed by atoms with Crippen LogP contribution >= 0.6 is 11.6 Å². The Hall–Kier alpha value is -2.09. The number of benzene rings is 2. The number of carbonyl (C=O) groups is 1. The zero-order chi connectivity index (χ0) is 20.7. The van der Waals surface area contributed by atoms with Gasteiger partial charge in [-0.3, -0.25) is 4.79 Å². The Kier molecular flexibility index (Phi) is 7.86. The van der Waals surface area contributed by atoms with Gasteiger partial charge in [0, 0.05) is 24.5 Å². The molecular formula is C20H26ClN3O3S. The van der Waals surface area contributed by atoms with Gasteiger partial charge in [0.15, 0.2) is 0 Å². The second kappa shape index (κ2) is 9.91. The molecular weight excluding hydrogens is 398 g/mol. The van der Waals surface area contributed by atoms with E-state index in [1.807, 2.05) is 24.3 Å². The summed E-state index contributed by atoms with van der Waals surface area (Å²) in [6, 6.07) is 12.3. The molecule has 0 radical (unpaired) electrons. The van der Waals surface area contributed by atoms with E-state index in [1.165, 1.54) is 22.0 Å². The van der Waals surface area contributed by atoms with Crippen molar-refractivity contribution in [3.8, 4) is 0 Å². The summed E-state index contributed by atoms with van der Waals surface area (Å²) in [6.07, 6.45) is 0.936. The zero-order valence-electron chi connectivity index (χ0n) is 16.3. The second-order valence-electron chi connectivity index (χ2n) is 6.19. The van der Waals surface area contributed by atoms with Crippen LogP contribution in [0.2, 0.25) is 5.02 Å². The van der Waals surface area contributed by atoms with Gasteiger partial charge >= 0.3 is 0 Å². The molecule has 2 N–H and O–H groups in total. The minimum Gasteiger partial charge on any atom is -0.376 e. The molecule has 0 aliphatic heterocycles. The van der Waals surface area contributed by atoms with E-state index in [-0.39, 0.29) is 22.4 Å². The van der Waals surface area contributed by atoms with Gasteiger partial charge < -0.3 is 10.6 Å². The van der Waals surface area contributed by atoms with Crippen LogP contribution in [0.15, 0.2) is 47.4 Å². The van der Waals surface area contributed by atoms with E-state index in [9.17, 15) is 13.2 Å². The molecule has 2 rings (SSSR count). The van der Waals surface area contributed by atoms with Crippen LogP contribution in [0.3, 0.4) is 0 Å². The Labute approximate surface area is 171 Å². The summed E-state index contributed by atoms with van der Waals surface area (Å²) in [4.78, 5) is 12.2. The quantitative estimate of drug-likeness (QED) is 0.639. The molecule has 0 bridgehead atoms. The average molecular weight is 424 g/mol. The van der Waals surface area contributed by atoms with Gasteiger partial charge in [0.25, 0.3) is 0 Å². The van der Waals surface area contributed by atoms with Gasteiger partial charge in [-0.1, -0.05) is 44.5 Å². The Morgan fingerprint density at radius 3 is 2.18 bits per heavy atom. The predicted octanol–water partition coefficient (Wildman–Crippen LogP) is 3.98. The highest BCUT2D eigenvalue weighted by atomic mass is 35.5. The van der Waals surface area contributed by atoms with Crippen LogP contribution in [-0.2, 0) is 21.2 Å². The maximum Gasteiger partial charge on any atom is 0.244 e. The van der Waals surface area contributed by atoms with Crippen LogP contribution in [0.4, 0.5) is 11.4 Å². The highest BCUT2D eigenvalue weighted by Crippen LogP contribution is 2.27. The van der Waals surface area contributed by atoms with Crippen LogP contribution in [0.5, 0.6) is 0 Å². The van der Waals surface area contributed by atoms with Gasteiger partial charge in [0.05, 0.1) is 11.6 Å². The standard InChI is InChI=1S/C20H26ClN3O3S/c1-4-15-7-9-16(10-8-15)23-20(25)14-22-17-11-12-18(21)19(13-17)28(26,27)24(5-2)6-3/h7-13,22H,4-6,14H2,1-3H3,(H,23,25). The van der Waals surface area contributed by atoms with Crippen LogP contribution in [0.1, 0.15) is 26.3 Å². The lowest BCUT2D eigenvalue weighted by Gasteiger charge is -2.20. The molecule has 0 aliphatic carbocycles. The molecule has 2 aromatic rings. The number of sulfonamides is 1. The fourth-order valence-corrected chi connectivity index (χ4v) is 4.68. The minimum absolute atomic E-state index is 0.00190. The average Bonchev–Trinajstić information content (AvgIpc) is 2.68. The summed E-state index contributed by atoms with van der Waals surface area (Å²) in [5.41, 5.74) is 2.41. The number of halogens is 1. The first kappa shape index (κ1) is 22.2. The third-order valence-corrected chi connectivity index (χ3v) is 6.88. The molecule has 0 heterocycles. The molecule has 8 heteroatoms. The van der Waals surface area contributed by atoms with E-state index in [0.29, 0.717) is 24.5 Å². The van der Waals surface area contributed by atoms with Crippen molar-refractivity contribution in [3.05, 3.63) is 53.1 Å². The molecule has 0 unspecified atom stereocenters. The maximum atomic E-state index is 12.7. The van der Waals surface area contributed by atoms with Gasteiger partial charge in [-0.05, 0) is 42.3 Å². The Morgan fingerprint density at radius 2 is 1.61 bits per heavy atom. The molecule has 0 saturated carbocycles. The van der Waals surface area contributed by atoms with Crippen LogP contribution in [0, 0.1) is 0 Å². The molecule has 28 heavy (non-hydrogen) atoms. The van der Waals surface area contributed by atoms with Crippen molar-refractivity contribution in [2.24, 2.45) is 0 Å². The van der Waals surface area contributed by atoms with E-state index in [2.05, 4.69) is 17.6 Å². The number of hydrogen-bond acceptors (Lipinski definition) is 4. The lowest BCUT2D eigenvalue weighted by Crippen LogP contribution is -2.31. The van der Waals surface area contributed by atoms with Crippen molar-refractivity contribution >= 4 is 38.9 Å². The molecule has 0 spiro atoms. The normalized spacial score (nSPS) is 11.5. The lowest BCUT2D eigenvalue weighted by molar-refractivity contribution is -0.114. The molecule has 0 aliphatic rings. The Balaban J connectivity index is 2.07. The van der Waals surface area contributed by atoms with Crippen molar-refractivity contribution in [1.29, 1.82) is 0 Å². The van der Waals surface area contributed by atoms with Gasteiger partial charge in [-0.2, -0.15) is 4.31 Å². The number of anilines is 2. The van der Waals surface area contributed by atoms with Crippen LogP contribution < -0.4 is 10.6 Å². The SMILES string of the molecule is CCc1ccc(NC(=O)CNc2ccc(Cl)c(S(=O)(=O)N(CC)CC)c2)cc1. The second-order valence-corrected chi connectivity index (χ2v) is 8.50. The number of amides is 1. The summed E-state index contributed by atoms with van der Waals surface area (Å²) in [7, 11) is -3.69. The number of carbonyl (C=O) groups excluding carboxylic acids is 1. The molecule has 1 amide bonds. The third kappa shape index (κ3) is 5.47. The van der Waals surface area contributed by atoms with Gasteiger partial charge in [0.1, 0.15) is 4.90 Å². The fourth-order valence-electron chi connectivity index (χ4n) is 2.72. The van der Waals surface area contributed by atoms with Gasteiger partial charge in [-0.15, -0.1) is 0 Å². The lowest BCUT2D eigenvalue weighted by atomic mass is 10.1. The van der Waals surface area contributed by atoms with Crippen molar-refractivity contribution < 1.29 is 13.2 Å². The van der Waals surface area contributed by atoms with Crippen molar-refractivity contribution in [2.75, 3.05) is 30.3 Å². The summed E-state index contributed by atoms with van der Waals surface area (Å²) < 4.78 is 26.8. The first-order chi connectivity index (χ1) is 13.3. The highest BCUT2D eigenvalue weighted by Gasteiger charge is 2.24. The minimum atomic E-state index is -3.69. The molecule has 2 aromatic carbocycles. The highest BCUT2D eigenvalue weighted by molar-refractivity contribution is 7.89. The van der Waals surface area contributed by atoms with Gasteiger partial charge in [0.2, 0.25) is 15.9 Å². The predicted molar refractivity (Wildman–Crippen MR) is 114 cm³/mol. The van der Waals surface area contributed by atoms with E-state index >= 15 is 0 Å². The number of hydrogen-bond donors (Lipinski definition) is 2. The molecule has 0 aromatic heterocycles. The zero-order valence-corrected chi connectivity index (χ0v) is 17.9. The van der Waals surface area contributed by atoms with E-state index in [4.69, 9.17) is 11.6 Å². The first-order valence-electron chi connectivity index (χ1n) is 9.24. The Morgan fingerprint density at radius 1 is 1.00 bits per heavy atom. The van der Waals surface area contributed by atoms with Crippen molar-refractivity contribution in [1.82, 2.24) is 4.31 Å². The summed E-state index contributed by atoms with van der Waals surface area (Å²) in [6.45, 7) is 6.32. The maximum absolute atomic E-state index is 12.7. The number of rotatable bonds is 9. The molecule has 6 nitrogen and oxygen atoms in total. The van der Waals surface area contributed by atoms with Gasteiger partial charge in [-0.25, -0.2) is 8.42 Å². The fraction of sp³-hybridized carbons (Fsp3) is 0.350. The third-order valence-electron chi connectivity index (χ3n) is 4.35. The Bertz CT molecular complexity index is 911. The first-order valence-corrected chi connectivity index (χ1v) is 11.1. The summed E-state index contributed by atoms with van der Waals surface area (Å²) in [5, 5.41) is 5.90. The topological polar surface area (TPSA) is 78.5 Å². The van der Waals surface area contributed by atoms with E-state index < -0.39 is 10.0 Å². The smallest absolute Gasteiger partial charge is 0.244 e. The van der Waals surface area contributed by atoms with Crippen molar-refractivity contribution in [2.45, 2.75) is 32.1 Å². The number of nitrogens with zero attached hydrogens (tertiary/aromatic N) is 1. The van der Waals surface area contributed by atoms with E-state index in [1.54, 1.807) is 19.9 Å². The summed E-state index contributed by atoms with van der Waals surface area (Å²) >= 11 is 6.12. The monoisotopic (exact) mass is 423 g/mol. The largest absolute Gasteiger partial charge is 0.376 e. The summed E-state index contributed by atoms with van der Waals surface area (Å²) in [5.74, 6) is -0.229. The van der Waals surface area contributed by atoms with Crippen molar-refractivity contribution in [3.63, 3.8) is 0 Å². The molecule has 152 valence electrons. The molecule has 0 atom stereocenters. The molecule has 0 saturated heterocycles. The number of aryl methyl sites for hydroxylation is 1. The molecule has 0 fully saturated rings. The van der Waals surface area contributed by atoms with Crippen LogP contribution in [-0.4, -0.2) is 38.3 Å². The number of nitrogens with one attached hydrogen (secondary N) is 2. The van der Waals surface area contributed by atoms with E-state index in [0.717, 1.165) is 6.42 Å². The van der Waals surface area contributed by atoms with Crippen LogP contribution in [0.25, 0.3) is 0 Å².